The molecule has 3 rings (SSSR count). The van der Waals surface area contributed by atoms with Gasteiger partial charge >= 0.3 is 0 Å². The molecule has 2 aromatic rings. The smallest absolute Gasteiger partial charge is 0.0931 e. The number of benzene rings is 1. The highest BCUT2D eigenvalue weighted by atomic mass is 35.5. The number of nitrogens with two attached hydrogens (primary N) is 1. The second kappa shape index (κ2) is 4.92. The van der Waals surface area contributed by atoms with Gasteiger partial charge < -0.3 is 5.73 Å². The van der Waals surface area contributed by atoms with Crippen LogP contribution in [0.1, 0.15) is 16.0 Å². The maximum absolute atomic E-state index is 6.00. The normalized spacial score (nSPS) is 14.9. The number of nitrogen functional groups attached to an aromatic ring is 1. The average Bonchev–Trinajstić information content (AvgIpc) is 2.93. The minimum absolute atomic E-state index is 0.874. The molecule has 0 fully saturated rings. The molecule has 1 aromatic heterocycles. The van der Waals surface area contributed by atoms with Crippen molar-refractivity contribution in [2.24, 2.45) is 0 Å². The summed E-state index contributed by atoms with van der Waals surface area (Å²) in [4.78, 5) is 3.79. The number of halogens is 1. The van der Waals surface area contributed by atoms with E-state index in [2.05, 4.69) is 17.0 Å². The van der Waals surface area contributed by atoms with E-state index in [0.29, 0.717) is 0 Å². The Balaban J connectivity index is 1.63. The second-order valence-corrected chi connectivity index (χ2v) is 6.45. The van der Waals surface area contributed by atoms with Crippen LogP contribution in [0.25, 0.3) is 0 Å². The molecule has 0 amide bonds. The quantitative estimate of drug-likeness (QED) is 0.870. The maximum Gasteiger partial charge on any atom is 0.0931 e. The molecule has 2 N–H and O–H groups in total. The van der Waals surface area contributed by atoms with E-state index in [0.717, 1.165) is 36.1 Å². The number of anilines is 1. The minimum Gasteiger partial charge on any atom is -0.398 e. The third-order valence-corrected chi connectivity index (χ3v) is 4.68. The monoisotopic (exact) mass is 278 g/mol. The van der Waals surface area contributed by atoms with Crippen LogP contribution in [0.4, 0.5) is 5.69 Å². The molecule has 0 unspecified atom stereocenters. The fourth-order valence-electron chi connectivity index (χ4n) is 2.43. The summed E-state index contributed by atoms with van der Waals surface area (Å²) < 4.78 is 0.874. The number of hydrogen-bond donors (Lipinski definition) is 1. The Labute approximate surface area is 116 Å². The minimum atomic E-state index is 0.874. The van der Waals surface area contributed by atoms with Crippen LogP contribution in [0.2, 0.25) is 4.34 Å². The summed E-state index contributed by atoms with van der Waals surface area (Å²) in [7, 11) is 0. The lowest BCUT2D eigenvalue weighted by molar-refractivity contribution is 0.289. The molecule has 1 aliphatic rings. The van der Waals surface area contributed by atoms with E-state index in [-0.39, 0.29) is 0 Å². The van der Waals surface area contributed by atoms with E-state index in [1.165, 1.54) is 16.0 Å². The van der Waals surface area contributed by atoms with Crippen molar-refractivity contribution in [3.05, 3.63) is 50.7 Å². The summed E-state index contributed by atoms with van der Waals surface area (Å²) in [6.45, 7) is 3.05. The van der Waals surface area contributed by atoms with Gasteiger partial charge in [-0.05, 0) is 35.7 Å². The van der Waals surface area contributed by atoms with Crippen LogP contribution in [0.3, 0.4) is 0 Å². The van der Waals surface area contributed by atoms with Gasteiger partial charge in [0, 0.05) is 30.2 Å². The standard InChI is InChI=1S/C14H15ClN2S/c15-14-5-4-11(18-14)6-7-17-8-10-2-1-3-13(16)12(10)9-17/h1-5H,6-9,16H2. The summed E-state index contributed by atoms with van der Waals surface area (Å²) in [5.41, 5.74) is 9.61. The van der Waals surface area contributed by atoms with Crippen molar-refractivity contribution in [3.8, 4) is 0 Å². The molecule has 0 aliphatic carbocycles. The molecule has 0 spiro atoms. The average molecular weight is 279 g/mol. The summed E-state index contributed by atoms with van der Waals surface area (Å²) in [6.07, 6.45) is 1.06. The molecule has 94 valence electrons. The predicted octanol–water partition coefficient (Wildman–Crippen LogP) is 3.54. The second-order valence-electron chi connectivity index (χ2n) is 4.65. The fourth-order valence-corrected chi connectivity index (χ4v) is 3.50. The van der Waals surface area contributed by atoms with Gasteiger partial charge in [-0.2, -0.15) is 0 Å². The molecule has 2 heterocycles. The zero-order valence-electron chi connectivity index (χ0n) is 10.0. The largest absolute Gasteiger partial charge is 0.398 e. The number of thiophene rings is 1. The number of rotatable bonds is 3. The Morgan fingerprint density at radius 1 is 1.22 bits per heavy atom. The van der Waals surface area contributed by atoms with Gasteiger partial charge in [0.25, 0.3) is 0 Å². The molecule has 1 aromatic carbocycles. The van der Waals surface area contributed by atoms with Crippen molar-refractivity contribution in [1.29, 1.82) is 0 Å². The molecule has 0 radical (unpaired) electrons. The number of fused-ring (bicyclic) bond motifs is 1. The Kier molecular flexibility index (Phi) is 3.29. The molecule has 2 nitrogen and oxygen atoms in total. The van der Waals surface area contributed by atoms with E-state index < -0.39 is 0 Å². The number of hydrogen-bond acceptors (Lipinski definition) is 3. The fraction of sp³-hybridized carbons (Fsp3) is 0.286. The van der Waals surface area contributed by atoms with Gasteiger partial charge in [0.15, 0.2) is 0 Å². The van der Waals surface area contributed by atoms with Crippen LogP contribution in [0, 0.1) is 0 Å². The lowest BCUT2D eigenvalue weighted by Crippen LogP contribution is -2.19. The zero-order chi connectivity index (χ0) is 12.5. The van der Waals surface area contributed by atoms with Crippen molar-refractivity contribution in [3.63, 3.8) is 0 Å². The van der Waals surface area contributed by atoms with Crippen molar-refractivity contribution in [2.45, 2.75) is 19.5 Å². The van der Waals surface area contributed by atoms with Gasteiger partial charge in [0.1, 0.15) is 0 Å². The molecular formula is C14H15ClN2S. The first-order valence-corrected chi connectivity index (χ1v) is 7.24. The summed E-state index contributed by atoms with van der Waals surface area (Å²) >= 11 is 7.61. The molecular weight excluding hydrogens is 264 g/mol. The van der Waals surface area contributed by atoms with Crippen molar-refractivity contribution in [2.75, 3.05) is 12.3 Å². The summed E-state index contributed by atoms with van der Waals surface area (Å²) in [5, 5.41) is 0. The summed E-state index contributed by atoms with van der Waals surface area (Å²) in [5.74, 6) is 0. The first-order valence-electron chi connectivity index (χ1n) is 6.05. The van der Waals surface area contributed by atoms with E-state index in [1.807, 2.05) is 18.2 Å². The van der Waals surface area contributed by atoms with E-state index in [1.54, 1.807) is 11.3 Å². The van der Waals surface area contributed by atoms with E-state index in [4.69, 9.17) is 17.3 Å². The summed E-state index contributed by atoms with van der Waals surface area (Å²) in [6, 6.07) is 10.3. The lowest BCUT2D eigenvalue weighted by Gasteiger charge is -2.13. The van der Waals surface area contributed by atoms with Gasteiger partial charge in [-0.3, -0.25) is 4.90 Å². The topological polar surface area (TPSA) is 29.3 Å². The van der Waals surface area contributed by atoms with Crippen LogP contribution < -0.4 is 5.73 Å². The molecule has 0 atom stereocenters. The maximum atomic E-state index is 6.00. The molecule has 1 aliphatic heterocycles. The van der Waals surface area contributed by atoms with Crippen LogP contribution in [-0.2, 0) is 19.5 Å². The first kappa shape index (κ1) is 12.0. The van der Waals surface area contributed by atoms with Crippen molar-refractivity contribution in [1.82, 2.24) is 4.90 Å². The van der Waals surface area contributed by atoms with Crippen LogP contribution >= 0.6 is 22.9 Å². The molecule has 0 saturated heterocycles. The highest BCUT2D eigenvalue weighted by molar-refractivity contribution is 7.16. The SMILES string of the molecule is Nc1cccc2c1CN(CCc1ccc(Cl)s1)C2. The van der Waals surface area contributed by atoms with Gasteiger partial charge in [0.2, 0.25) is 0 Å². The third kappa shape index (κ3) is 2.39. The molecule has 0 bridgehead atoms. The Bertz CT molecular complexity index is 565. The molecule has 0 saturated carbocycles. The van der Waals surface area contributed by atoms with Crippen LogP contribution in [0.15, 0.2) is 30.3 Å². The third-order valence-electron chi connectivity index (χ3n) is 3.39. The molecule has 4 heteroatoms. The Morgan fingerprint density at radius 3 is 2.83 bits per heavy atom. The highest BCUT2D eigenvalue weighted by Crippen LogP contribution is 2.28. The van der Waals surface area contributed by atoms with Gasteiger partial charge in [-0.25, -0.2) is 0 Å². The lowest BCUT2D eigenvalue weighted by atomic mass is 10.1. The van der Waals surface area contributed by atoms with Crippen molar-refractivity contribution >= 4 is 28.6 Å². The van der Waals surface area contributed by atoms with E-state index in [9.17, 15) is 0 Å². The predicted molar refractivity (Wildman–Crippen MR) is 78.0 cm³/mol. The Hall–Kier alpha value is -1.03. The van der Waals surface area contributed by atoms with Gasteiger partial charge in [-0.1, -0.05) is 23.7 Å². The Morgan fingerprint density at radius 2 is 2.11 bits per heavy atom. The van der Waals surface area contributed by atoms with Crippen LogP contribution in [-0.4, -0.2) is 11.4 Å². The zero-order valence-corrected chi connectivity index (χ0v) is 11.6. The number of nitrogens with zero attached hydrogens (tertiary/aromatic N) is 1. The highest BCUT2D eigenvalue weighted by Gasteiger charge is 2.20. The van der Waals surface area contributed by atoms with Gasteiger partial charge in [-0.15, -0.1) is 11.3 Å². The molecule has 18 heavy (non-hydrogen) atoms. The van der Waals surface area contributed by atoms with E-state index >= 15 is 0 Å². The van der Waals surface area contributed by atoms with Crippen molar-refractivity contribution < 1.29 is 0 Å². The van der Waals surface area contributed by atoms with Crippen LogP contribution in [0.5, 0.6) is 0 Å². The first-order chi connectivity index (χ1) is 8.72. The van der Waals surface area contributed by atoms with Gasteiger partial charge in [0.05, 0.1) is 4.34 Å².